The quantitative estimate of drug-likeness (QED) is 0.332. The number of rotatable bonds is 3. The molecule has 0 bridgehead atoms. The van der Waals surface area contributed by atoms with E-state index in [1.807, 2.05) is 0 Å². The van der Waals surface area contributed by atoms with Crippen molar-refractivity contribution >= 4 is 17.7 Å². The van der Waals surface area contributed by atoms with Gasteiger partial charge in [0.2, 0.25) is 17.7 Å². The number of carbonyl (C=O) groups excluding carboxylic acids is 3. The highest BCUT2D eigenvalue weighted by Gasteiger charge is 2.32. The van der Waals surface area contributed by atoms with Crippen LogP contribution in [0, 0.1) is 12.3 Å². The van der Waals surface area contributed by atoms with E-state index in [9.17, 15) is 14.4 Å². The number of imide groups is 1. The average Bonchev–Trinajstić information content (AvgIpc) is 2.23. The van der Waals surface area contributed by atoms with Crippen LogP contribution in [0.25, 0.3) is 0 Å². The third kappa shape index (κ3) is 2.81. The zero-order valence-electron chi connectivity index (χ0n) is 8.95. The Labute approximate surface area is 93.4 Å². The maximum absolute atomic E-state index is 11.6. The third-order valence-electron chi connectivity index (χ3n) is 2.25. The Morgan fingerprint density at radius 3 is 3.00 bits per heavy atom. The topological polar surface area (TPSA) is 78.5 Å². The molecule has 1 fully saturated rings. The van der Waals surface area contributed by atoms with Crippen molar-refractivity contribution < 1.29 is 14.4 Å². The normalized spacial score (nSPS) is 20.2. The predicted octanol–water partition coefficient (Wildman–Crippen LogP) is -1.92. The van der Waals surface area contributed by atoms with E-state index in [4.69, 9.17) is 6.42 Å². The summed E-state index contributed by atoms with van der Waals surface area (Å²) in [5, 5.41) is 4.87. The van der Waals surface area contributed by atoms with Gasteiger partial charge in [-0.15, -0.1) is 6.42 Å². The molecule has 1 aliphatic rings. The van der Waals surface area contributed by atoms with Gasteiger partial charge in [0.15, 0.2) is 0 Å². The molecule has 2 N–H and O–H groups in total. The fourth-order valence-electron chi connectivity index (χ4n) is 1.36. The van der Waals surface area contributed by atoms with Crippen LogP contribution in [0.4, 0.5) is 0 Å². The maximum Gasteiger partial charge on any atom is 0.249 e. The van der Waals surface area contributed by atoms with Crippen molar-refractivity contribution in [3.63, 3.8) is 0 Å². The summed E-state index contributed by atoms with van der Waals surface area (Å²) >= 11 is 0. The molecule has 0 saturated carbocycles. The summed E-state index contributed by atoms with van der Waals surface area (Å²) in [6.45, 7) is 1.77. The van der Waals surface area contributed by atoms with Crippen molar-refractivity contribution in [1.82, 2.24) is 15.5 Å². The standard InChI is InChI=1S/C10H13N3O3/c1-3-4-11-5-9(15)13-6-8(14)12-10(16)7(13)2/h1,7,11H,4-6H2,2H3,(H,12,14,16). The molecule has 0 radical (unpaired) electrons. The molecule has 0 aromatic rings. The Morgan fingerprint density at radius 1 is 1.69 bits per heavy atom. The molecule has 1 atom stereocenters. The monoisotopic (exact) mass is 223 g/mol. The molecule has 1 unspecified atom stereocenters. The molecular formula is C10H13N3O3. The van der Waals surface area contributed by atoms with Gasteiger partial charge in [0.1, 0.15) is 12.6 Å². The van der Waals surface area contributed by atoms with Crippen LogP contribution in [0.1, 0.15) is 6.92 Å². The van der Waals surface area contributed by atoms with E-state index >= 15 is 0 Å². The third-order valence-corrected chi connectivity index (χ3v) is 2.25. The number of nitrogens with zero attached hydrogens (tertiary/aromatic N) is 1. The molecule has 16 heavy (non-hydrogen) atoms. The van der Waals surface area contributed by atoms with Crippen LogP contribution in [-0.4, -0.2) is 48.3 Å². The number of piperazine rings is 1. The van der Waals surface area contributed by atoms with Crippen molar-refractivity contribution in [2.24, 2.45) is 0 Å². The number of carbonyl (C=O) groups is 3. The molecule has 6 nitrogen and oxygen atoms in total. The lowest BCUT2D eigenvalue weighted by Gasteiger charge is -2.31. The van der Waals surface area contributed by atoms with E-state index in [0.29, 0.717) is 0 Å². The summed E-state index contributed by atoms with van der Waals surface area (Å²) in [7, 11) is 0. The summed E-state index contributed by atoms with van der Waals surface area (Å²) in [4.78, 5) is 35.2. The molecule has 0 aromatic carbocycles. The van der Waals surface area contributed by atoms with E-state index in [1.54, 1.807) is 6.92 Å². The Hall–Kier alpha value is -1.87. The van der Waals surface area contributed by atoms with Crippen LogP contribution < -0.4 is 10.6 Å². The summed E-state index contributed by atoms with van der Waals surface area (Å²) in [5.41, 5.74) is 0. The fraction of sp³-hybridized carbons (Fsp3) is 0.500. The molecule has 1 rings (SSSR count). The van der Waals surface area contributed by atoms with E-state index < -0.39 is 17.9 Å². The molecule has 0 aromatic heterocycles. The van der Waals surface area contributed by atoms with Crippen molar-refractivity contribution in [2.45, 2.75) is 13.0 Å². The molecule has 1 heterocycles. The minimum atomic E-state index is -0.627. The fourth-order valence-corrected chi connectivity index (χ4v) is 1.36. The first-order valence-corrected chi connectivity index (χ1v) is 4.83. The van der Waals surface area contributed by atoms with Crippen LogP contribution in [0.15, 0.2) is 0 Å². The summed E-state index contributed by atoms with van der Waals surface area (Å²) < 4.78 is 0. The molecule has 3 amide bonds. The molecule has 6 heteroatoms. The van der Waals surface area contributed by atoms with Crippen LogP contribution in [0.5, 0.6) is 0 Å². The highest BCUT2D eigenvalue weighted by molar-refractivity contribution is 6.04. The lowest BCUT2D eigenvalue weighted by atomic mass is 10.2. The average molecular weight is 223 g/mol. The molecule has 86 valence electrons. The lowest BCUT2D eigenvalue weighted by molar-refractivity contribution is -0.148. The van der Waals surface area contributed by atoms with Crippen LogP contribution >= 0.6 is 0 Å². The molecule has 1 aliphatic heterocycles. The smallest absolute Gasteiger partial charge is 0.249 e. The van der Waals surface area contributed by atoms with Gasteiger partial charge in [0.05, 0.1) is 13.1 Å². The minimum Gasteiger partial charge on any atom is -0.321 e. The van der Waals surface area contributed by atoms with Gasteiger partial charge in [-0.2, -0.15) is 0 Å². The van der Waals surface area contributed by atoms with Gasteiger partial charge in [-0.3, -0.25) is 25.0 Å². The summed E-state index contributed by atoms with van der Waals surface area (Å²) in [5.74, 6) is 1.09. The SMILES string of the molecule is C#CCNCC(=O)N1CC(=O)NC(=O)C1C. The molecular weight excluding hydrogens is 210 g/mol. The Morgan fingerprint density at radius 2 is 2.38 bits per heavy atom. The predicted molar refractivity (Wildman–Crippen MR) is 56.0 cm³/mol. The van der Waals surface area contributed by atoms with E-state index in [0.717, 1.165) is 0 Å². The van der Waals surface area contributed by atoms with Gasteiger partial charge >= 0.3 is 0 Å². The second-order valence-corrected chi connectivity index (χ2v) is 3.42. The van der Waals surface area contributed by atoms with Crippen molar-refractivity contribution in [3.05, 3.63) is 0 Å². The summed E-state index contributed by atoms with van der Waals surface area (Å²) in [6.07, 6.45) is 5.01. The number of hydrogen-bond donors (Lipinski definition) is 2. The molecule has 1 saturated heterocycles. The van der Waals surface area contributed by atoms with E-state index in [-0.39, 0.29) is 25.5 Å². The zero-order chi connectivity index (χ0) is 12.1. The van der Waals surface area contributed by atoms with Gasteiger partial charge in [-0.1, -0.05) is 5.92 Å². The Balaban J connectivity index is 2.57. The van der Waals surface area contributed by atoms with Gasteiger partial charge < -0.3 is 4.90 Å². The van der Waals surface area contributed by atoms with Gasteiger partial charge in [0.25, 0.3) is 0 Å². The zero-order valence-corrected chi connectivity index (χ0v) is 8.95. The summed E-state index contributed by atoms with van der Waals surface area (Å²) in [6, 6.07) is -0.627. The maximum atomic E-state index is 11.6. The number of terminal acetylenes is 1. The largest absolute Gasteiger partial charge is 0.321 e. The Bertz CT molecular complexity index is 359. The van der Waals surface area contributed by atoms with Gasteiger partial charge in [-0.05, 0) is 6.92 Å². The first-order chi connectivity index (χ1) is 7.56. The van der Waals surface area contributed by atoms with Crippen molar-refractivity contribution in [1.29, 1.82) is 0 Å². The first kappa shape index (κ1) is 12.2. The van der Waals surface area contributed by atoms with E-state index in [2.05, 4.69) is 16.6 Å². The number of hydrogen-bond acceptors (Lipinski definition) is 4. The molecule has 0 spiro atoms. The minimum absolute atomic E-state index is 0.0229. The number of nitrogens with one attached hydrogen (secondary N) is 2. The van der Waals surface area contributed by atoms with Crippen molar-refractivity contribution in [3.8, 4) is 12.3 Å². The van der Waals surface area contributed by atoms with Crippen LogP contribution in [-0.2, 0) is 14.4 Å². The van der Waals surface area contributed by atoms with Crippen LogP contribution in [0.2, 0.25) is 0 Å². The highest BCUT2D eigenvalue weighted by atomic mass is 16.2. The van der Waals surface area contributed by atoms with Crippen molar-refractivity contribution in [2.75, 3.05) is 19.6 Å². The number of amides is 3. The van der Waals surface area contributed by atoms with Crippen LogP contribution in [0.3, 0.4) is 0 Å². The lowest BCUT2D eigenvalue weighted by Crippen LogP contribution is -2.59. The van der Waals surface area contributed by atoms with Gasteiger partial charge in [0, 0.05) is 0 Å². The van der Waals surface area contributed by atoms with Gasteiger partial charge in [-0.25, -0.2) is 0 Å². The molecule has 0 aliphatic carbocycles. The Kier molecular flexibility index (Phi) is 4.03. The van der Waals surface area contributed by atoms with E-state index in [1.165, 1.54) is 4.90 Å². The highest BCUT2D eigenvalue weighted by Crippen LogP contribution is 2.04. The second kappa shape index (κ2) is 5.28. The first-order valence-electron chi connectivity index (χ1n) is 4.83. The second-order valence-electron chi connectivity index (χ2n) is 3.42.